The van der Waals surface area contributed by atoms with Gasteiger partial charge in [0.15, 0.2) is 0 Å². The molecule has 0 N–H and O–H groups in total. The summed E-state index contributed by atoms with van der Waals surface area (Å²) in [7, 11) is 0. The predicted molar refractivity (Wildman–Crippen MR) is 60.6 cm³/mol. The van der Waals surface area contributed by atoms with Gasteiger partial charge in [0.05, 0.1) is 0 Å². The summed E-state index contributed by atoms with van der Waals surface area (Å²) in [6, 6.07) is 0. The van der Waals surface area contributed by atoms with Crippen molar-refractivity contribution in [3.8, 4) is 11.8 Å². The lowest BCUT2D eigenvalue weighted by molar-refractivity contribution is 0.729. The third-order valence-electron chi connectivity index (χ3n) is 1.93. The Morgan fingerprint density at radius 1 is 1.00 bits per heavy atom. The van der Waals surface area contributed by atoms with E-state index in [0.29, 0.717) is 0 Å². The highest BCUT2D eigenvalue weighted by Crippen LogP contribution is 1.98. The fourth-order valence-electron chi connectivity index (χ4n) is 1.05. The second-order valence-corrected chi connectivity index (χ2v) is 3.32. The van der Waals surface area contributed by atoms with Crippen molar-refractivity contribution in [1.82, 2.24) is 0 Å². The van der Waals surface area contributed by atoms with Crippen LogP contribution in [-0.4, -0.2) is 0 Å². The van der Waals surface area contributed by atoms with E-state index < -0.39 is 0 Å². The first-order chi connectivity index (χ1) is 6.41. The molecule has 0 aromatic carbocycles. The van der Waals surface area contributed by atoms with Gasteiger partial charge in [-0.2, -0.15) is 0 Å². The van der Waals surface area contributed by atoms with Crippen LogP contribution in [0.3, 0.4) is 0 Å². The zero-order valence-corrected chi connectivity index (χ0v) is 9.10. The number of unbranched alkanes of at least 4 members (excludes halogenated alkanes) is 5. The normalized spacial score (nSPS) is 10.0. The van der Waals surface area contributed by atoms with Crippen molar-refractivity contribution < 1.29 is 0 Å². The summed E-state index contributed by atoms with van der Waals surface area (Å²) < 4.78 is 0. The van der Waals surface area contributed by atoms with Gasteiger partial charge >= 0.3 is 0 Å². The molecular weight excluding hydrogens is 156 g/mol. The first kappa shape index (κ1) is 12.3. The Hall–Kier alpha value is -0.700. The Kier molecular flexibility index (Phi) is 10.7. The maximum Gasteiger partial charge on any atom is 0.00921 e. The highest BCUT2D eigenvalue weighted by molar-refractivity contribution is 5.14. The van der Waals surface area contributed by atoms with Crippen molar-refractivity contribution in [2.24, 2.45) is 0 Å². The molecule has 0 amide bonds. The SMILES string of the molecule is CCCCC#C/C=C/CCCCC. The van der Waals surface area contributed by atoms with E-state index in [4.69, 9.17) is 0 Å². The van der Waals surface area contributed by atoms with E-state index in [0.717, 1.165) is 6.42 Å². The third-order valence-corrected chi connectivity index (χ3v) is 1.93. The number of hydrogen-bond acceptors (Lipinski definition) is 0. The van der Waals surface area contributed by atoms with Crippen molar-refractivity contribution in [2.75, 3.05) is 0 Å². The first-order valence-corrected chi connectivity index (χ1v) is 5.55. The minimum atomic E-state index is 1.05. The molecule has 0 aliphatic carbocycles. The fraction of sp³-hybridized carbons (Fsp3) is 0.692. The minimum Gasteiger partial charge on any atom is -0.0985 e. The molecule has 0 saturated heterocycles. The van der Waals surface area contributed by atoms with Crippen molar-refractivity contribution in [3.05, 3.63) is 12.2 Å². The van der Waals surface area contributed by atoms with Crippen LogP contribution in [0.15, 0.2) is 12.2 Å². The highest BCUT2D eigenvalue weighted by atomic mass is 13.9. The van der Waals surface area contributed by atoms with Crippen LogP contribution in [0.1, 0.15) is 58.8 Å². The second kappa shape index (κ2) is 11.3. The Balaban J connectivity index is 3.22. The van der Waals surface area contributed by atoms with Gasteiger partial charge in [-0.05, 0) is 25.3 Å². The maximum absolute atomic E-state index is 3.14. The standard InChI is InChI=1S/C13H22/c1-3-5-7-9-11-13-12-10-8-6-4-2/h11,13H,3-9H2,1-2H3/b13-11+. The van der Waals surface area contributed by atoms with Gasteiger partial charge in [-0.1, -0.05) is 51.0 Å². The van der Waals surface area contributed by atoms with Crippen molar-refractivity contribution in [1.29, 1.82) is 0 Å². The molecule has 0 aliphatic heterocycles. The van der Waals surface area contributed by atoms with Crippen LogP contribution in [0.2, 0.25) is 0 Å². The molecule has 0 heterocycles. The molecule has 0 bridgehead atoms. The monoisotopic (exact) mass is 178 g/mol. The van der Waals surface area contributed by atoms with Crippen molar-refractivity contribution in [3.63, 3.8) is 0 Å². The van der Waals surface area contributed by atoms with Gasteiger partial charge in [-0.15, -0.1) is 0 Å². The van der Waals surface area contributed by atoms with E-state index in [9.17, 15) is 0 Å². The first-order valence-electron chi connectivity index (χ1n) is 5.55. The van der Waals surface area contributed by atoms with E-state index in [-0.39, 0.29) is 0 Å². The van der Waals surface area contributed by atoms with Gasteiger partial charge < -0.3 is 0 Å². The lowest BCUT2D eigenvalue weighted by atomic mass is 10.2. The Bertz CT molecular complexity index is 166. The number of hydrogen-bond donors (Lipinski definition) is 0. The Morgan fingerprint density at radius 3 is 2.46 bits per heavy atom. The smallest absolute Gasteiger partial charge is 0.00921 e. The maximum atomic E-state index is 3.14. The van der Waals surface area contributed by atoms with Crippen molar-refractivity contribution in [2.45, 2.75) is 58.8 Å². The van der Waals surface area contributed by atoms with Gasteiger partial charge in [-0.25, -0.2) is 0 Å². The average molecular weight is 178 g/mol. The van der Waals surface area contributed by atoms with Crippen LogP contribution in [0.5, 0.6) is 0 Å². The molecule has 0 spiro atoms. The van der Waals surface area contributed by atoms with Crippen LogP contribution < -0.4 is 0 Å². The fourth-order valence-corrected chi connectivity index (χ4v) is 1.05. The van der Waals surface area contributed by atoms with E-state index in [1.165, 1.54) is 38.5 Å². The van der Waals surface area contributed by atoms with Gasteiger partial charge in [0.1, 0.15) is 0 Å². The zero-order valence-electron chi connectivity index (χ0n) is 9.10. The highest BCUT2D eigenvalue weighted by Gasteiger charge is 1.79. The molecule has 0 aromatic heterocycles. The molecule has 0 aromatic rings. The van der Waals surface area contributed by atoms with Crippen LogP contribution in [-0.2, 0) is 0 Å². The second-order valence-electron chi connectivity index (χ2n) is 3.32. The lowest BCUT2D eigenvalue weighted by Crippen LogP contribution is -1.70. The van der Waals surface area contributed by atoms with E-state index in [1.54, 1.807) is 0 Å². The Labute approximate surface area is 83.4 Å². The number of rotatable bonds is 6. The van der Waals surface area contributed by atoms with E-state index in [1.807, 2.05) is 6.08 Å². The van der Waals surface area contributed by atoms with Crippen LogP contribution in [0.25, 0.3) is 0 Å². The minimum absolute atomic E-state index is 1.05. The molecule has 0 nitrogen and oxygen atoms in total. The molecule has 0 atom stereocenters. The summed E-state index contributed by atoms with van der Waals surface area (Å²) in [5.41, 5.74) is 0. The average Bonchev–Trinajstić information content (AvgIpc) is 2.16. The topological polar surface area (TPSA) is 0 Å². The molecular formula is C13H22. The molecule has 13 heavy (non-hydrogen) atoms. The van der Waals surface area contributed by atoms with Gasteiger partial charge in [0, 0.05) is 6.42 Å². The summed E-state index contributed by atoms with van der Waals surface area (Å²) in [5.74, 6) is 6.21. The molecule has 0 aliphatic rings. The zero-order chi connectivity index (χ0) is 9.78. The molecule has 0 unspecified atom stereocenters. The molecule has 0 radical (unpaired) electrons. The summed E-state index contributed by atoms with van der Waals surface area (Å²) in [4.78, 5) is 0. The third kappa shape index (κ3) is 11.3. The largest absolute Gasteiger partial charge is 0.0985 e. The van der Waals surface area contributed by atoms with Gasteiger partial charge in [0.2, 0.25) is 0 Å². The Morgan fingerprint density at radius 2 is 1.77 bits per heavy atom. The van der Waals surface area contributed by atoms with Gasteiger partial charge in [0.25, 0.3) is 0 Å². The summed E-state index contributed by atoms with van der Waals surface area (Å²) >= 11 is 0. The quantitative estimate of drug-likeness (QED) is 0.420. The molecule has 74 valence electrons. The molecule has 0 saturated carbocycles. The lowest BCUT2D eigenvalue weighted by Gasteiger charge is -1.89. The van der Waals surface area contributed by atoms with Gasteiger partial charge in [-0.3, -0.25) is 0 Å². The van der Waals surface area contributed by atoms with Crippen LogP contribution >= 0.6 is 0 Å². The van der Waals surface area contributed by atoms with E-state index in [2.05, 4.69) is 31.8 Å². The van der Waals surface area contributed by atoms with Crippen LogP contribution in [0.4, 0.5) is 0 Å². The molecule has 0 fully saturated rings. The molecule has 0 rings (SSSR count). The molecule has 0 heteroatoms. The predicted octanol–water partition coefficient (Wildman–Crippen LogP) is 4.32. The summed E-state index contributed by atoms with van der Waals surface area (Å²) in [6.07, 6.45) is 12.9. The van der Waals surface area contributed by atoms with E-state index >= 15 is 0 Å². The summed E-state index contributed by atoms with van der Waals surface area (Å²) in [5, 5.41) is 0. The van der Waals surface area contributed by atoms with Crippen molar-refractivity contribution >= 4 is 0 Å². The number of allylic oxidation sites excluding steroid dienone is 2. The van der Waals surface area contributed by atoms with Crippen LogP contribution in [0, 0.1) is 11.8 Å². The summed E-state index contributed by atoms with van der Waals surface area (Å²) in [6.45, 7) is 4.43.